The number of benzene rings is 2. The highest BCUT2D eigenvalue weighted by Gasteiger charge is 2.06. The number of hydrogen-bond acceptors (Lipinski definition) is 2. The van der Waals surface area contributed by atoms with Crippen molar-refractivity contribution in [3.63, 3.8) is 0 Å². The molecule has 0 aliphatic heterocycles. The molecule has 0 aromatic heterocycles. The summed E-state index contributed by atoms with van der Waals surface area (Å²) >= 11 is 5.92. The van der Waals surface area contributed by atoms with Gasteiger partial charge in [0.1, 0.15) is 5.75 Å². The quantitative estimate of drug-likeness (QED) is 0.328. The summed E-state index contributed by atoms with van der Waals surface area (Å²) in [5.74, 6) is 0.907. The van der Waals surface area contributed by atoms with Gasteiger partial charge in [-0.05, 0) is 41.9 Å². The fourth-order valence-corrected chi connectivity index (χ4v) is 3.14. The molecule has 3 heteroatoms. The molecule has 2 nitrogen and oxygen atoms in total. The molecule has 0 saturated heterocycles. The van der Waals surface area contributed by atoms with Crippen LogP contribution in [0.2, 0.25) is 5.02 Å². The van der Waals surface area contributed by atoms with Crippen LogP contribution in [0.15, 0.2) is 48.5 Å². The molecule has 0 N–H and O–H groups in total. The number of ether oxygens (including phenoxy) is 1. The highest BCUT2D eigenvalue weighted by Crippen LogP contribution is 2.16. The number of hydrogen-bond donors (Lipinski definition) is 0. The Morgan fingerprint density at radius 2 is 1.33 bits per heavy atom. The number of unbranched alkanes of at least 4 members (excludes halogenated alkanes) is 5. The van der Waals surface area contributed by atoms with Crippen LogP contribution in [-0.4, -0.2) is 18.6 Å². The first-order valence-electron chi connectivity index (χ1n) is 11.7. The standard InChI is InChI=1S/C17H20ClNO.C8H18.C2H6/c1-3-19(12-14-7-9-16(18)10-8-14)13-15-5-4-6-17(11-15)20-2;1-3-5-7-8-6-4-2;1-2/h4-11H,3,12-13H2,1-2H3;3-8H2,1-2H3;1-2H3. The van der Waals surface area contributed by atoms with Crippen LogP contribution in [0.25, 0.3) is 0 Å². The fraction of sp³-hybridized carbons (Fsp3) is 0.556. The first-order chi connectivity index (χ1) is 14.6. The molecule has 0 unspecified atom stereocenters. The van der Waals surface area contributed by atoms with Crippen molar-refractivity contribution in [2.75, 3.05) is 13.7 Å². The molecule has 0 radical (unpaired) electrons. The summed E-state index contributed by atoms with van der Waals surface area (Å²) in [4.78, 5) is 2.39. The Morgan fingerprint density at radius 3 is 1.83 bits per heavy atom. The van der Waals surface area contributed by atoms with E-state index in [1.165, 1.54) is 49.7 Å². The van der Waals surface area contributed by atoms with Crippen molar-refractivity contribution in [2.45, 2.75) is 86.2 Å². The van der Waals surface area contributed by atoms with Crippen molar-refractivity contribution in [1.82, 2.24) is 4.90 Å². The lowest BCUT2D eigenvalue weighted by atomic mass is 10.1. The van der Waals surface area contributed by atoms with Crippen molar-refractivity contribution in [1.29, 1.82) is 0 Å². The van der Waals surface area contributed by atoms with Crippen molar-refractivity contribution in [2.24, 2.45) is 0 Å². The zero-order chi connectivity index (χ0) is 22.6. The summed E-state index contributed by atoms with van der Waals surface area (Å²) in [5, 5.41) is 0.782. The van der Waals surface area contributed by atoms with Gasteiger partial charge in [0.2, 0.25) is 0 Å². The Labute approximate surface area is 191 Å². The monoisotopic (exact) mass is 433 g/mol. The van der Waals surface area contributed by atoms with Gasteiger partial charge in [0, 0.05) is 18.1 Å². The van der Waals surface area contributed by atoms with E-state index in [1.54, 1.807) is 7.11 Å². The molecular weight excluding hydrogens is 390 g/mol. The Balaban J connectivity index is 0.000000712. The number of nitrogens with zero attached hydrogens (tertiary/aromatic N) is 1. The molecule has 0 heterocycles. The van der Waals surface area contributed by atoms with E-state index in [4.69, 9.17) is 16.3 Å². The maximum absolute atomic E-state index is 5.92. The largest absolute Gasteiger partial charge is 0.497 e. The molecule has 0 bridgehead atoms. The lowest BCUT2D eigenvalue weighted by Crippen LogP contribution is -2.22. The predicted octanol–water partition coefficient (Wildman–Crippen LogP) is 8.76. The topological polar surface area (TPSA) is 12.5 Å². The van der Waals surface area contributed by atoms with Crippen LogP contribution < -0.4 is 4.74 Å². The first-order valence-corrected chi connectivity index (χ1v) is 12.1. The SMILES string of the molecule is CC.CCCCCCCC.CCN(Cc1ccc(Cl)cc1)Cc1cccc(OC)c1. The van der Waals surface area contributed by atoms with Gasteiger partial charge in [-0.25, -0.2) is 0 Å². The molecule has 2 aromatic carbocycles. The van der Waals surface area contributed by atoms with E-state index in [-0.39, 0.29) is 0 Å². The zero-order valence-electron chi connectivity index (χ0n) is 20.2. The van der Waals surface area contributed by atoms with Crippen LogP contribution in [0.3, 0.4) is 0 Å². The zero-order valence-corrected chi connectivity index (χ0v) is 21.0. The molecule has 30 heavy (non-hydrogen) atoms. The second-order valence-electron chi connectivity index (χ2n) is 7.20. The Kier molecular flexibility index (Phi) is 18.5. The average molecular weight is 434 g/mol. The van der Waals surface area contributed by atoms with Gasteiger partial charge in [-0.15, -0.1) is 0 Å². The molecular formula is C27H44ClNO. The van der Waals surface area contributed by atoms with Gasteiger partial charge in [-0.3, -0.25) is 4.90 Å². The Bertz CT molecular complexity index is 621. The first kappa shape index (κ1) is 28.5. The second kappa shape index (κ2) is 19.5. The minimum Gasteiger partial charge on any atom is -0.497 e. The summed E-state index contributed by atoms with van der Waals surface area (Å²) in [6, 6.07) is 16.3. The summed E-state index contributed by atoms with van der Waals surface area (Å²) in [6.45, 7) is 13.5. The fourth-order valence-electron chi connectivity index (χ4n) is 3.01. The van der Waals surface area contributed by atoms with Crippen LogP contribution in [-0.2, 0) is 13.1 Å². The summed E-state index contributed by atoms with van der Waals surface area (Å²) in [5.41, 5.74) is 2.54. The van der Waals surface area contributed by atoms with Crippen molar-refractivity contribution >= 4 is 11.6 Å². The van der Waals surface area contributed by atoms with Crippen molar-refractivity contribution in [3.05, 3.63) is 64.7 Å². The van der Waals surface area contributed by atoms with E-state index < -0.39 is 0 Å². The molecule has 2 aromatic rings. The van der Waals surface area contributed by atoms with E-state index in [0.717, 1.165) is 30.4 Å². The van der Waals surface area contributed by atoms with E-state index in [1.807, 2.05) is 38.1 Å². The van der Waals surface area contributed by atoms with E-state index in [9.17, 15) is 0 Å². The van der Waals surface area contributed by atoms with Crippen LogP contribution >= 0.6 is 11.6 Å². The average Bonchev–Trinajstić information content (AvgIpc) is 2.79. The maximum Gasteiger partial charge on any atom is 0.119 e. The van der Waals surface area contributed by atoms with Crippen molar-refractivity contribution in [3.8, 4) is 5.75 Å². The highest BCUT2D eigenvalue weighted by molar-refractivity contribution is 6.30. The molecule has 0 aliphatic carbocycles. The van der Waals surface area contributed by atoms with Crippen LogP contribution in [0.1, 0.15) is 84.3 Å². The van der Waals surface area contributed by atoms with Crippen molar-refractivity contribution < 1.29 is 4.74 Å². The molecule has 0 saturated carbocycles. The van der Waals surface area contributed by atoms with Crippen LogP contribution in [0, 0.1) is 0 Å². The van der Waals surface area contributed by atoms with Gasteiger partial charge in [0.05, 0.1) is 7.11 Å². The highest BCUT2D eigenvalue weighted by atomic mass is 35.5. The second-order valence-corrected chi connectivity index (χ2v) is 7.63. The molecule has 0 atom stereocenters. The molecule has 170 valence electrons. The van der Waals surface area contributed by atoms with Gasteiger partial charge in [-0.1, -0.05) is 109 Å². The Hall–Kier alpha value is -1.51. The van der Waals surface area contributed by atoms with Gasteiger partial charge in [-0.2, -0.15) is 0 Å². The molecule has 0 fully saturated rings. The van der Waals surface area contributed by atoms with Gasteiger partial charge in [0.25, 0.3) is 0 Å². The minimum atomic E-state index is 0.782. The number of methoxy groups -OCH3 is 1. The summed E-state index contributed by atoms with van der Waals surface area (Å²) in [7, 11) is 1.70. The molecule has 0 aliphatic rings. The summed E-state index contributed by atoms with van der Waals surface area (Å²) in [6.07, 6.45) is 8.49. The van der Waals surface area contributed by atoms with Crippen LogP contribution in [0.5, 0.6) is 5.75 Å². The molecule has 2 rings (SSSR count). The van der Waals surface area contributed by atoms with Crippen LogP contribution in [0.4, 0.5) is 0 Å². The lowest BCUT2D eigenvalue weighted by Gasteiger charge is -2.21. The maximum atomic E-state index is 5.92. The van der Waals surface area contributed by atoms with E-state index >= 15 is 0 Å². The minimum absolute atomic E-state index is 0.782. The normalized spacial score (nSPS) is 10.0. The molecule has 0 amide bonds. The van der Waals surface area contributed by atoms with E-state index in [2.05, 4.69) is 49.9 Å². The number of halogens is 1. The lowest BCUT2D eigenvalue weighted by molar-refractivity contribution is 0.271. The van der Waals surface area contributed by atoms with E-state index in [0.29, 0.717) is 0 Å². The van der Waals surface area contributed by atoms with Gasteiger partial charge >= 0.3 is 0 Å². The third kappa shape index (κ3) is 13.7. The van der Waals surface area contributed by atoms with Gasteiger partial charge < -0.3 is 4.74 Å². The third-order valence-electron chi connectivity index (χ3n) is 4.76. The van der Waals surface area contributed by atoms with Gasteiger partial charge in [0.15, 0.2) is 0 Å². The predicted molar refractivity (Wildman–Crippen MR) is 135 cm³/mol. The smallest absolute Gasteiger partial charge is 0.119 e. The Morgan fingerprint density at radius 1 is 0.767 bits per heavy atom. The third-order valence-corrected chi connectivity index (χ3v) is 5.02. The number of rotatable bonds is 11. The molecule has 0 spiro atoms. The summed E-state index contributed by atoms with van der Waals surface area (Å²) < 4.78 is 5.27.